The lowest BCUT2D eigenvalue weighted by Crippen LogP contribution is -2.59. The molecule has 1 heterocycles. The zero-order valence-corrected chi connectivity index (χ0v) is 21.8. The first kappa shape index (κ1) is 28.4. The van der Waals surface area contributed by atoms with Crippen molar-refractivity contribution in [2.75, 3.05) is 26.2 Å². The summed E-state index contributed by atoms with van der Waals surface area (Å²) in [5.41, 5.74) is 10.6. The molecule has 2 aromatic rings. The number of fused-ring (bicyclic) bond motifs is 1. The number of hydrogen-bond acceptors (Lipinski definition) is 6. The Balaban J connectivity index is 1.68. The van der Waals surface area contributed by atoms with Crippen LogP contribution in [0.2, 0.25) is 0 Å². The molecule has 0 spiro atoms. The van der Waals surface area contributed by atoms with E-state index in [1.807, 2.05) is 19.1 Å². The van der Waals surface area contributed by atoms with Gasteiger partial charge in [0.2, 0.25) is 21.8 Å². The van der Waals surface area contributed by atoms with Crippen LogP contribution in [-0.2, 0) is 19.6 Å². The van der Waals surface area contributed by atoms with Gasteiger partial charge in [0.25, 0.3) is 0 Å². The predicted octanol–water partition coefficient (Wildman–Crippen LogP) is 0.276. The number of aliphatic hydroxyl groups is 1. The number of aliphatic hydroxyl groups excluding tert-OH is 1. The van der Waals surface area contributed by atoms with Crippen LogP contribution in [0, 0.1) is 5.92 Å². The van der Waals surface area contributed by atoms with Crippen LogP contribution in [0.25, 0.3) is 10.8 Å². The van der Waals surface area contributed by atoms with Crippen LogP contribution < -0.4 is 21.5 Å². The number of unbranched alkanes of at least 4 members (excludes halogenated alkanes) is 1. The fourth-order valence-corrected chi connectivity index (χ4v) is 5.60. The number of rotatable bonds is 11. The maximum atomic E-state index is 13.4. The highest BCUT2D eigenvalue weighted by Gasteiger charge is 2.38. The summed E-state index contributed by atoms with van der Waals surface area (Å²) in [5, 5.41) is 14.4. The molecule has 12 heteroatoms. The summed E-state index contributed by atoms with van der Waals surface area (Å²) in [4.78, 5) is 31.6. The molecular formula is C25H36N6O5S. The Morgan fingerprint density at radius 2 is 1.89 bits per heavy atom. The molecule has 3 rings (SSSR count). The SMILES string of the molecule is C[C@H]1CCN(C(=O)C(CO)NS(=O)(=O)c2ccc3ccccc3c2)[C@H](C(=O)NCCCCN=C(N)N)C1. The number of carbonyl (C=O) groups is 2. The van der Waals surface area contributed by atoms with Gasteiger partial charge < -0.3 is 26.8 Å². The Bertz CT molecular complexity index is 1230. The maximum absolute atomic E-state index is 13.4. The number of benzene rings is 2. The molecular weight excluding hydrogens is 496 g/mol. The second kappa shape index (κ2) is 12.8. The van der Waals surface area contributed by atoms with Gasteiger partial charge >= 0.3 is 0 Å². The average molecular weight is 533 g/mol. The summed E-state index contributed by atoms with van der Waals surface area (Å²) < 4.78 is 28.5. The molecule has 1 unspecified atom stereocenters. The Kier molecular flexibility index (Phi) is 9.84. The third-order valence-corrected chi connectivity index (χ3v) is 7.91. The van der Waals surface area contributed by atoms with E-state index in [0.717, 1.165) is 10.8 Å². The van der Waals surface area contributed by atoms with Crippen LogP contribution in [0.15, 0.2) is 52.4 Å². The van der Waals surface area contributed by atoms with Crippen molar-refractivity contribution in [2.24, 2.45) is 22.4 Å². The van der Waals surface area contributed by atoms with Gasteiger partial charge in [-0.2, -0.15) is 4.72 Å². The van der Waals surface area contributed by atoms with Crippen molar-refractivity contribution < 1.29 is 23.1 Å². The highest BCUT2D eigenvalue weighted by Crippen LogP contribution is 2.24. The zero-order valence-electron chi connectivity index (χ0n) is 21.0. The standard InChI is InChI=1S/C25H36N6O5S/c1-17-10-13-31(22(14-17)23(33)28-11-4-5-12-29-25(26)27)24(34)21(16-32)30-37(35,36)20-9-8-18-6-2-3-7-19(18)15-20/h2-3,6-9,15,17,21-22,30,32H,4-5,10-14,16H2,1H3,(H,28,33)(H4,26,27,29)/t17-,21?,22-/m0/s1. The molecule has 0 saturated carbocycles. The Hall–Kier alpha value is -3.22. The molecule has 0 bridgehead atoms. The molecule has 37 heavy (non-hydrogen) atoms. The molecule has 0 aliphatic carbocycles. The summed E-state index contributed by atoms with van der Waals surface area (Å²) in [6.07, 6.45) is 2.46. The number of aliphatic imine (C=N–C) groups is 1. The van der Waals surface area contributed by atoms with Crippen molar-refractivity contribution in [1.82, 2.24) is 14.9 Å². The van der Waals surface area contributed by atoms with E-state index >= 15 is 0 Å². The molecule has 202 valence electrons. The highest BCUT2D eigenvalue weighted by molar-refractivity contribution is 7.89. The molecule has 2 amide bonds. The first-order valence-corrected chi connectivity index (χ1v) is 13.9. The Labute approximate surface area is 217 Å². The van der Waals surface area contributed by atoms with E-state index in [1.54, 1.807) is 18.2 Å². The highest BCUT2D eigenvalue weighted by atomic mass is 32.2. The number of carbonyl (C=O) groups excluding carboxylic acids is 2. The van der Waals surface area contributed by atoms with Gasteiger partial charge in [-0.1, -0.05) is 37.3 Å². The normalized spacial score (nSPS) is 18.8. The van der Waals surface area contributed by atoms with Crippen molar-refractivity contribution in [1.29, 1.82) is 0 Å². The molecule has 11 nitrogen and oxygen atoms in total. The first-order chi connectivity index (χ1) is 17.6. The topological polar surface area (TPSA) is 180 Å². The lowest BCUT2D eigenvalue weighted by Gasteiger charge is -2.39. The second-order valence-corrected chi connectivity index (χ2v) is 11.1. The minimum Gasteiger partial charge on any atom is -0.394 e. The van der Waals surface area contributed by atoms with Crippen LogP contribution >= 0.6 is 0 Å². The van der Waals surface area contributed by atoms with Gasteiger partial charge in [0.15, 0.2) is 5.96 Å². The summed E-state index contributed by atoms with van der Waals surface area (Å²) >= 11 is 0. The van der Waals surface area contributed by atoms with Crippen LogP contribution in [0.1, 0.15) is 32.6 Å². The summed E-state index contributed by atoms with van der Waals surface area (Å²) in [6.45, 7) is 2.40. The molecule has 0 aromatic heterocycles. The fourth-order valence-electron chi connectivity index (χ4n) is 4.38. The second-order valence-electron chi connectivity index (χ2n) is 9.35. The zero-order chi connectivity index (χ0) is 27.0. The minimum atomic E-state index is -4.11. The molecule has 3 atom stereocenters. The predicted molar refractivity (Wildman–Crippen MR) is 142 cm³/mol. The number of hydrogen-bond donors (Lipinski definition) is 5. The molecule has 1 saturated heterocycles. The maximum Gasteiger partial charge on any atom is 0.243 e. The largest absolute Gasteiger partial charge is 0.394 e. The van der Waals surface area contributed by atoms with E-state index in [2.05, 4.69) is 15.0 Å². The van der Waals surface area contributed by atoms with Crippen LogP contribution in [0.4, 0.5) is 0 Å². The Morgan fingerprint density at radius 3 is 2.59 bits per heavy atom. The van der Waals surface area contributed by atoms with E-state index in [-0.39, 0.29) is 29.2 Å². The number of nitrogens with two attached hydrogens (primary N) is 2. The quantitative estimate of drug-likeness (QED) is 0.156. The molecule has 7 N–H and O–H groups in total. The van der Waals surface area contributed by atoms with E-state index in [4.69, 9.17) is 11.5 Å². The average Bonchev–Trinajstić information content (AvgIpc) is 2.88. The number of guanidine groups is 1. The van der Waals surface area contributed by atoms with E-state index in [1.165, 1.54) is 17.0 Å². The molecule has 2 aromatic carbocycles. The number of sulfonamides is 1. The molecule has 1 aliphatic heterocycles. The number of nitrogens with one attached hydrogen (secondary N) is 2. The van der Waals surface area contributed by atoms with Crippen LogP contribution in [-0.4, -0.2) is 74.5 Å². The molecule has 1 fully saturated rings. The van der Waals surface area contributed by atoms with Crippen molar-refractivity contribution >= 4 is 38.6 Å². The summed E-state index contributed by atoms with van der Waals surface area (Å²) in [7, 11) is -4.11. The lowest BCUT2D eigenvalue weighted by atomic mass is 9.91. The monoisotopic (exact) mass is 532 g/mol. The fraction of sp³-hybridized carbons (Fsp3) is 0.480. The van der Waals surface area contributed by atoms with Gasteiger partial charge in [-0.25, -0.2) is 8.42 Å². The smallest absolute Gasteiger partial charge is 0.243 e. The lowest BCUT2D eigenvalue weighted by molar-refractivity contribution is -0.145. The van der Waals surface area contributed by atoms with E-state index in [0.29, 0.717) is 38.8 Å². The molecule has 0 radical (unpaired) electrons. The van der Waals surface area contributed by atoms with Crippen molar-refractivity contribution in [3.8, 4) is 0 Å². The van der Waals surface area contributed by atoms with Crippen molar-refractivity contribution in [2.45, 2.75) is 49.6 Å². The number of piperidine rings is 1. The van der Waals surface area contributed by atoms with Gasteiger partial charge in [-0.15, -0.1) is 0 Å². The molecule has 1 aliphatic rings. The third kappa shape index (κ3) is 7.63. The first-order valence-electron chi connectivity index (χ1n) is 12.4. The van der Waals surface area contributed by atoms with Gasteiger partial charge in [-0.3, -0.25) is 14.6 Å². The van der Waals surface area contributed by atoms with Crippen LogP contribution in [0.3, 0.4) is 0 Å². The minimum absolute atomic E-state index is 0.0141. The Morgan fingerprint density at radius 1 is 1.16 bits per heavy atom. The number of nitrogens with zero attached hydrogens (tertiary/aromatic N) is 2. The summed E-state index contributed by atoms with van der Waals surface area (Å²) in [5.74, 6) is -0.713. The van der Waals surface area contributed by atoms with Crippen molar-refractivity contribution in [3.63, 3.8) is 0 Å². The number of likely N-dealkylation sites (tertiary alicyclic amines) is 1. The van der Waals surface area contributed by atoms with Crippen LogP contribution in [0.5, 0.6) is 0 Å². The van der Waals surface area contributed by atoms with E-state index < -0.39 is 34.6 Å². The van der Waals surface area contributed by atoms with Gasteiger partial charge in [0.1, 0.15) is 12.1 Å². The van der Waals surface area contributed by atoms with Crippen molar-refractivity contribution in [3.05, 3.63) is 42.5 Å². The third-order valence-electron chi connectivity index (χ3n) is 6.44. The van der Waals surface area contributed by atoms with Gasteiger partial charge in [-0.05, 0) is 54.5 Å². The summed E-state index contributed by atoms with van der Waals surface area (Å²) in [6, 6.07) is 9.80. The number of amides is 2. The van der Waals surface area contributed by atoms with Gasteiger partial charge in [0.05, 0.1) is 11.5 Å². The van der Waals surface area contributed by atoms with E-state index in [9.17, 15) is 23.1 Å². The van der Waals surface area contributed by atoms with Gasteiger partial charge in [0, 0.05) is 19.6 Å².